The van der Waals surface area contributed by atoms with E-state index in [0.717, 1.165) is 16.3 Å². The zero-order chi connectivity index (χ0) is 21.8. The van der Waals surface area contributed by atoms with Crippen LogP contribution >= 0.6 is 11.8 Å². The van der Waals surface area contributed by atoms with Gasteiger partial charge in [0, 0.05) is 14.1 Å². The fraction of sp³-hybridized carbons (Fsp3) is 0.458. The number of rotatable bonds is 7. The van der Waals surface area contributed by atoms with Gasteiger partial charge in [0.15, 0.2) is 5.17 Å². The number of aliphatic hydroxyl groups is 1. The number of hydrogen-bond donors (Lipinski definition) is 1. The second kappa shape index (κ2) is 10.1. The summed E-state index contributed by atoms with van der Waals surface area (Å²) < 4.78 is 19.1. The Morgan fingerprint density at radius 1 is 0.968 bits per heavy atom. The van der Waals surface area contributed by atoms with Crippen molar-refractivity contribution in [2.75, 3.05) is 14.1 Å². The van der Waals surface area contributed by atoms with Gasteiger partial charge in [0.05, 0.1) is 19.3 Å². The minimum Gasteiger partial charge on any atom is -0.391 e. The van der Waals surface area contributed by atoms with Crippen molar-refractivity contribution in [2.45, 2.75) is 56.0 Å². The molecule has 1 N–H and O–H groups in total. The molecule has 0 radical (unpaired) electrons. The number of nitrogens with zero attached hydrogens (tertiary/aromatic N) is 2. The Bertz CT molecular complexity index is 862. The molecule has 2 unspecified atom stereocenters. The van der Waals surface area contributed by atoms with Gasteiger partial charge in [-0.05, 0) is 18.1 Å². The van der Waals surface area contributed by atoms with Gasteiger partial charge >= 0.3 is 0 Å². The highest BCUT2D eigenvalue weighted by molar-refractivity contribution is 8.14. The molecule has 1 saturated heterocycles. The average molecular weight is 443 g/mol. The van der Waals surface area contributed by atoms with Crippen LogP contribution in [0, 0.1) is 0 Å². The fourth-order valence-electron chi connectivity index (χ4n) is 3.87. The molecule has 0 saturated carbocycles. The SMILES string of the molecule is CC(O)C1O[C@@H]2SC(N(C)C)=N[C@@H]2[C@@H](OCc2ccccc2)[C@@H]1OCc1ccccc1. The molecule has 0 aliphatic carbocycles. The molecule has 0 amide bonds. The number of amidine groups is 1. The standard InChI is InChI=1S/C24H30N2O4S/c1-16(27)20-22(29-15-18-12-8-5-9-13-18)21(28-14-17-10-6-4-7-11-17)19-23(30-20)31-24(25-19)26(2)3/h4-13,16,19-23,27H,14-15H2,1-3H3/t16?,19-,20?,21-,22-,23-/m1/s1. The lowest BCUT2D eigenvalue weighted by Crippen LogP contribution is -2.59. The monoisotopic (exact) mass is 442 g/mol. The van der Waals surface area contributed by atoms with Crippen molar-refractivity contribution in [3.05, 3.63) is 71.8 Å². The van der Waals surface area contributed by atoms with Crippen LogP contribution in [0.15, 0.2) is 65.7 Å². The Morgan fingerprint density at radius 3 is 2.03 bits per heavy atom. The number of aliphatic imine (C=N–C) groups is 1. The molecule has 6 atom stereocenters. The summed E-state index contributed by atoms with van der Waals surface area (Å²) in [6.45, 7) is 2.60. The molecule has 31 heavy (non-hydrogen) atoms. The predicted molar refractivity (Wildman–Crippen MR) is 123 cm³/mol. The number of ether oxygens (including phenoxy) is 3. The Kier molecular flexibility index (Phi) is 7.30. The van der Waals surface area contributed by atoms with E-state index < -0.39 is 18.3 Å². The third-order valence-corrected chi connectivity index (χ3v) is 6.77. The molecule has 1 fully saturated rings. The second-order valence-electron chi connectivity index (χ2n) is 8.15. The number of aliphatic hydroxyl groups excluding tert-OH is 1. The Hall–Kier alpha value is -1.90. The highest BCUT2D eigenvalue weighted by Crippen LogP contribution is 2.40. The number of thioether (sulfide) groups is 1. The molecule has 2 aromatic rings. The van der Waals surface area contributed by atoms with Gasteiger partial charge in [0.25, 0.3) is 0 Å². The van der Waals surface area contributed by atoms with Crippen molar-refractivity contribution < 1.29 is 19.3 Å². The van der Waals surface area contributed by atoms with Gasteiger partial charge in [0.2, 0.25) is 0 Å². The number of hydrogen-bond acceptors (Lipinski definition) is 7. The van der Waals surface area contributed by atoms with Crippen molar-refractivity contribution >= 4 is 16.9 Å². The van der Waals surface area contributed by atoms with E-state index in [-0.39, 0.29) is 17.6 Å². The lowest BCUT2D eigenvalue weighted by atomic mass is 9.94. The van der Waals surface area contributed by atoms with Crippen molar-refractivity contribution in [3.8, 4) is 0 Å². The molecule has 2 heterocycles. The zero-order valence-corrected chi connectivity index (χ0v) is 18.9. The summed E-state index contributed by atoms with van der Waals surface area (Å²) in [6.07, 6.45) is -1.99. The first kappa shape index (κ1) is 22.3. The molecule has 166 valence electrons. The summed E-state index contributed by atoms with van der Waals surface area (Å²) in [6, 6.07) is 19.9. The van der Waals surface area contributed by atoms with Gasteiger partial charge < -0.3 is 24.2 Å². The second-order valence-corrected chi connectivity index (χ2v) is 9.21. The first-order valence-electron chi connectivity index (χ1n) is 10.6. The molecule has 0 aromatic heterocycles. The third-order valence-electron chi connectivity index (χ3n) is 5.46. The Morgan fingerprint density at radius 2 is 1.52 bits per heavy atom. The van der Waals surface area contributed by atoms with E-state index >= 15 is 0 Å². The van der Waals surface area contributed by atoms with Crippen molar-refractivity contribution in [1.29, 1.82) is 0 Å². The van der Waals surface area contributed by atoms with E-state index in [1.807, 2.05) is 79.7 Å². The lowest BCUT2D eigenvalue weighted by Gasteiger charge is -2.43. The average Bonchev–Trinajstić information content (AvgIpc) is 3.22. The van der Waals surface area contributed by atoms with E-state index in [2.05, 4.69) is 0 Å². The van der Waals surface area contributed by atoms with Crippen LogP contribution in [0.3, 0.4) is 0 Å². The fourth-order valence-corrected chi connectivity index (χ4v) is 5.01. The molecule has 6 nitrogen and oxygen atoms in total. The topological polar surface area (TPSA) is 63.5 Å². The molecule has 2 aliphatic rings. The summed E-state index contributed by atoms with van der Waals surface area (Å²) in [7, 11) is 3.94. The number of benzene rings is 2. The van der Waals surface area contributed by atoms with Gasteiger partial charge in [-0.25, -0.2) is 0 Å². The molecule has 7 heteroatoms. The number of fused-ring (bicyclic) bond motifs is 1. The van der Waals surface area contributed by atoms with Crippen LogP contribution in [-0.2, 0) is 27.4 Å². The van der Waals surface area contributed by atoms with Crippen molar-refractivity contribution in [3.63, 3.8) is 0 Å². The van der Waals surface area contributed by atoms with E-state index in [9.17, 15) is 5.11 Å². The predicted octanol–water partition coefficient (Wildman–Crippen LogP) is 3.30. The van der Waals surface area contributed by atoms with E-state index in [1.165, 1.54) is 0 Å². The molecule has 2 aromatic carbocycles. The summed E-state index contributed by atoms with van der Waals surface area (Å²) >= 11 is 1.57. The van der Waals surface area contributed by atoms with Crippen LogP contribution in [0.5, 0.6) is 0 Å². The van der Waals surface area contributed by atoms with Gasteiger partial charge in [-0.15, -0.1) is 0 Å². The summed E-state index contributed by atoms with van der Waals surface area (Å²) in [5, 5.41) is 11.4. The molecular weight excluding hydrogens is 412 g/mol. The largest absolute Gasteiger partial charge is 0.391 e. The van der Waals surface area contributed by atoms with Crippen LogP contribution in [0.2, 0.25) is 0 Å². The maximum atomic E-state index is 10.5. The minimum atomic E-state index is -0.700. The van der Waals surface area contributed by atoms with E-state index in [0.29, 0.717) is 13.2 Å². The highest BCUT2D eigenvalue weighted by Gasteiger charge is 2.52. The van der Waals surface area contributed by atoms with Gasteiger partial charge in [0.1, 0.15) is 29.8 Å². The van der Waals surface area contributed by atoms with E-state index in [1.54, 1.807) is 18.7 Å². The Balaban J connectivity index is 1.59. The van der Waals surface area contributed by atoms with Crippen LogP contribution in [-0.4, -0.2) is 65.2 Å². The minimum absolute atomic E-state index is 0.207. The first-order chi connectivity index (χ1) is 15.0. The Labute approximate surface area is 188 Å². The highest BCUT2D eigenvalue weighted by atomic mass is 32.2. The van der Waals surface area contributed by atoms with Crippen LogP contribution in [0.25, 0.3) is 0 Å². The van der Waals surface area contributed by atoms with Crippen LogP contribution < -0.4 is 0 Å². The molecule has 2 aliphatic heterocycles. The molecule has 0 spiro atoms. The zero-order valence-electron chi connectivity index (χ0n) is 18.1. The lowest BCUT2D eigenvalue weighted by molar-refractivity contribution is -0.218. The normalized spacial score (nSPS) is 28.6. The van der Waals surface area contributed by atoms with Gasteiger partial charge in [-0.1, -0.05) is 72.4 Å². The van der Waals surface area contributed by atoms with Crippen LogP contribution in [0.1, 0.15) is 18.1 Å². The summed E-state index contributed by atoms with van der Waals surface area (Å²) in [5.74, 6) is 0. The van der Waals surface area contributed by atoms with Crippen molar-refractivity contribution in [2.24, 2.45) is 4.99 Å². The summed E-state index contributed by atoms with van der Waals surface area (Å²) in [5.41, 5.74) is 1.94. The summed E-state index contributed by atoms with van der Waals surface area (Å²) in [4.78, 5) is 6.88. The molecule has 4 rings (SSSR count). The van der Waals surface area contributed by atoms with Gasteiger partial charge in [-0.3, -0.25) is 4.99 Å². The smallest absolute Gasteiger partial charge is 0.161 e. The van der Waals surface area contributed by atoms with Crippen LogP contribution in [0.4, 0.5) is 0 Å². The van der Waals surface area contributed by atoms with E-state index in [4.69, 9.17) is 19.2 Å². The first-order valence-corrected chi connectivity index (χ1v) is 11.5. The molecule has 0 bridgehead atoms. The third kappa shape index (κ3) is 5.30. The quantitative estimate of drug-likeness (QED) is 0.710. The van der Waals surface area contributed by atoms with Crippen molar-refractivity contribution in [1.82, 2.24) is 4.90 Å². The maximum absolute atomic E-state index is 10.5. The maximum Gasteiger partial charge on any atom is 0.161 e. The molecular formula is C24H30N2O4S. The van der Waals surface area contributed by atoms with Gasteiger partial charge in [-0.2, -0.15) is 0 Å².